The molecule has 0 amide bonds. The van der Waals surface area contributed by atoms with Gasteiger partial charge in [0.25, 0.3) is 0 Å². The number of carbonyl (C=O) groups excluding carboxylic acids is 1. The molecule has 0 rings (SSSR count). The van der Waals surface area contributed by atoms with Crippen molar-refractivity contribution in [1.29, 1.82) is 0 Å². The highest BCUT2D eigenvalue weighted by atomic mass is 28.2. The van der Waals surface area contributed by atoms with Gasteiger partial charge in [0.1, 0.15) is 16.6 Å². The van der Waals surface area contributed by atoms with E-state index in [-0.39, 0.29) is 5.57 Å². The number of aliphatic hydroxyl groups excluding tert-OH is 2. The number of hydrogen-bond donors (Lipinski definition) is 3. The normalized spacial score (nSPS) is 11.9. The summed E-state index contributed by atoms with van der Waals surface area (Å²) in [6.07, 6.45) is 0.352. The topological polar surface area (TPSA) is 77.8 Å². The molecule has 3 N–H and O–H groups in total. The van der Waals surface area contributed by atoms with Crippen molar-refractivity contribution >= 4 is 16.3 Å². The second-order valence-electron chi connectivity index (χ2n) is 1.93. The summed E-state index contributed by atoms with van der Waals surface area (Å²) in [6.45, 7) is 4.83. The van der Waals surface area contributed by atoms with E-state index in [0.717, 1.165) is 6.08 Å². The first kappa shape index (κ1) is 13.7. The minimum Gasteiger partial charge on any atom is -0.516 e. The van der Waals surface area contributed by atoms with Crippen LogP contribution in [0.25, 0.3) is 0 Å². The van der Waals surface area contributed by atoms with Gasteiger partial charge in [0, 0.05) is 0 Å². The summed E-state index contributed by atoms with van der Waals surface area (Å²) in [5.74, 6) is -0.481. The minimum absolute atomic E-state index is 0.269. The molecule has 0 aromatic rings. The summed E-state index contributed by atoms with van der Waals surface area (Å²) in [6, 6.07) is 0. The summed E-state index contributed by atoms with van der Waals surface area (Å²) >= 11 is 0. The number of Topliss-reactive ketones (excluding diaryl/α,β-unsaturated/α-hetero) is 1. The Hall–Kier alpha value is -0.913. The molecule has 0 radical (unpaired) electrons. The Morgan fingerprint density at radius 1 is 1.58 bits per heavy atom. The Bertz CT molecular complexity index is 176. The van der Waals surface area contributed by atoms with E-state index >= 15 is 0 Å². The minimum atomic E-state index is -1.26. The Balaban J connectivity index is 0. The molecule has 0 aromatic carbocycles. The van der Waals surface area contributed by atoms with Crippen LogP contribution in [0, 0.1) is 0 Å². The van der Waals surface area contributed by atoms with Gasteiger partial charge in [-0.05, 0) is 18.6 Å². The average Bonchev–Trinajstić information content (AvgIpc) is 2.07. The predicted octanol–water partition coefficient (Wildman–Crippen LogP) is -1.18. The molecule has 0 fully saturated rings. The molecule has 0 heterocycles. The molecule has 0 saturated heterocycles. The Morgan fingerprint density at radius 3 is 2.25 bits per heavy atom. The lowest BCUT2D eigenvalue weighted by atomic mass is 10.1. The predicted molar refractivity (Wildman–Crippen MR) is 49.8 cm³/mol. The van der Waals surface area contributed by atoms with E-state index in [1.165, 1.54) is 6.92 Å². The Labute approximate surface area is 74.4 Å². The van der Waals surface area contributed by atoms with Gasteiger partial charge in [0.2, 0.25) is 0 Å². The van der Waals surface area contributed by atoms with Crippen LogP contribution in [-0.2, 0) is 4.79 Å². The van der Waals surface area contributed by atoms with Crippen LogP contribution in [0.15, 0.2) is 24.5 Å². The third-order valence-electron chi connectivity index (χ3n) is 0.958. The van der Waals surface area contributed by atoms with Gasteiger partial charge in [-0.3, -0.25) is 4.79 Å². The van der Waals surface area contributed by atoms with Crippen LogP contribution in [0.3, 0.4) is 0 Å². The average molecular weight is 190 g/mol. The molecule has 0 aliphatic heterocycles. The van der Waals surface area contributed by atoms with E-state index in [0.29, 0.717) is 16.7 Å². The first-order chi connectivity index (χ1) is 5.59. The van der Waals surface area contributed by atoms with Gasteiger partial charge < -0.3 is 15.0 Å². The monoisotopic (exact) mass is 190 g/mol. The number of hydrogen-bond acceptors (Lipinski definition) is 4. The molecule has 0 aliphatic carbocycles. The van der Waals surface area contributed by atoms with Crippen molar-refractivity contribution in [2.24, 2.45) is 0 Å². The molecule has 5 heteroatoms. The van der Waals surface area contributed by atoms with Crippen LogP contribution < -0.4 is 0 Å². The van der Waals surface area contributed by atoms with E-state index in [1.807, 2.05) is 0 Å². The van der Waals surface area contributed by atoms with Crippen molar-refractivity contribution in [2.45, 2.75) is 13.0 Å². The molecule has 0 aromatic heterocycles. The van der Waals surface area contributed by atoms with E-state index in [4.69, 9.17) is 15.0 Å². The van der Waals surface area contributed by atoms with Crippen LogP contribution in [0.1, 0.15) is 6.92 Å². The summed E-state index contributed by atoms with van der Waals surface area (Å²) < 4.78 is 0. The summed E-state index contributed by atoms with van der Waals surface area (Å²) in [5.41, 5.74) is 0.269. The van der Waals surface area contributed by atoms with E-state index in [9.17, 15) is 4.79 Å². The zero-order valence-corrected chi connectivity index (χ0v) is 9.19. The molecule has 4 nitrogen and oxygen atoms in total. The van der Waals surface area contributed by atoms with Crippen LogP contribution in [-0.4, -0.2) is 37.4 Å². The molecule has 0 saturated carbocycles. The number of ketones is 1. The first-order valence-electron chi connectivity index (χ1n) is 3.23. The third-order valence-corrected chi connectivity index (χ3v) is 0.958. The van der Waals surface area contributed by atoms with Crippen molar-refractivity contribution in [3.8, 4) is 0 Å². The van der Waals surface area contributed by atoms with Crippen molar-refractivity contribution in [2.75, 3.05) is 0 Å². The molecular formula is C7H14O4Si. The molecule has 0 spiro atoms. The first-order valence-corrected chi connectivity index (χ1v) is 4.12. The highest BCUT2D eigenvalue weighted by Crippen LogP contribution is 1.96. The van der Waals surface area contributed by atoms with Gasteiger partial charge in [-0.25, -0.2) is 0 Å². The molecule has 0 bridgehead atoms. The molecule has 0 aliphatic rings. The second kappa shape index (κ2) is 8.19. The van der Waals surface area contributed by atoms with Crippen molar-refractivity contribution in [3.63, 3.8) is 0 Å². The van der Waals surface area contributed by atoms with Gasteiger partial charge in [-0.1, -0.05) is 6.58 Å². The largest absolute Gasteiger partial charge is 0.516 e. The SMILES string of the molecule is C=C(C)C(=O)C(O)C=CO.O[SiH3]. The fourth-order valence-corrected chi connectivity index (χ4v) is 0.421. The Morgan fingerprint density at radius 2 is 2.00 bits per heavy atom. The second-order valence-corrected chi connectivity index (χ2v) is 1.93. The maximum absolute atomic E-state index is 10.7. The zero-order valence-electron chi connectivity index (χ0n) is 7.19. The molecule has 1 atom stereocenters. The molecule has 1 unspecified atom stereocenters. The summed E-state index contributed by atoms with van der Waals surface area (Å²) in [4.78, 5) is 17.9. The van der Waals surface area contributed by atoms with Crippen LogP contribution in [0.2, 0.25) is 0 Å². The van der Waals surface area contributed by atoms with Gasteiger partial charge in [0.15, 0.2) is 5.78 Å². The van der Waals surface area contributed by atoms with Crippen molar-refractivity contribution in [1.82, 2.24) is 0 Å². The van der Waals surface area contributed by atoms with Gasteiger partial charge in [-0.15, -0.1) is 0 Å². The maximum atomic E-state index is 10.7. The van der Waals surface area contributed by atoms with Crippen LogP contribution in [0.4, 0.5) is 0 Å². The number of carbonyl (C=O) groups is 1. The van der Waals surface area contributed by atoms with E-state index in [2.05, 4.69) is 6.58 Å². The lowest BCUT2D eigenvalue weighted by Crippen LogP contribution is -2.17. The fraction of sp³-hybridized carbons (Fsp3) is 0.286. The van der Waals surface area contributed by atoms with Crippen LogP contribution in [0.5, 0.6) is 0 Å². The third kappa shape index (κ3) is 5.84. The van der Waals surface area contributed by atoms with Gasteiger partial charge >= 0.3 is 0 Å². The number of rotatable bonds is 3. The highest BCUT2D eigenvalue weighted by Gasteiger charge is 2.10. The van der Waals surface area contributed by atoms with Crippen LogP contribution >= 0.6 is 0 Å². The summed E-state index contributed by atoms with van der Waals surface area (Å²) in [7, 11) is 0.306. The smallest absolute Gasteiger partial charge is 0.190 e. The van der Waals surface area contributed by atoms with E-state index < -0.39 is 11.9 Å². The highest BCUT2D eigenvalue weighted by molar-refractivity contribution is 5.98. The Kier molecular flexibility index (Phi) is 9.32. The van der Waals surface area contributed by atoms with E-state index in [1.54, 1.807) is 0 Å². The van der Waals surface area contributed by atoms with Gasteiger partial charge in [0.05, 0.1) is 6.26 Å². The molecular weight excluding hydrogens is 176 g/mol. The fourth-order valence-electron chi connectivity index (χ4n) is 0.421. The lowest BCUT2D eigenvalue weighted by Gasteiger charge is -2.01. The standard InChI is InChI=1S/C7H10O3.H4OSi/c1-5(2)7(10)6(9)3-4-8;1-2/h3-4,6,8-9H,1H2,2H3;1H,2H3. The lowest BCUT2D eigenvalue weighted by molar-refractivity contribution is -0.121. The molecule has 70 valence electrons. The zero-order chi connectivity index (χ0) is 10.1. The van der Waals surface area contributed by atoms with Gasteiger partial charge in [-0.2, -0.15) is 0 Å². The van der Waals surface area contributed by atoms with Crippen molar-refractivity contribution in [3.05, 3.63) is 24.5 Å². The quantitative estimate of drug-likeness (QED) is 0.297. The number of aliphatic hydroxyl groups is 2. The van der Waals surface area contributed by atoms with Crippen molar-refractivity contribution < 1.29 is 19.8 Å². The maximum Gasteiger partial charge on any atom is 0.190 e. The molecule has 12 heavy (non-hydrogen) atoms. The summed E-state index contributed by atoms with van der Waals surface area (Å²) in [5, 5.41) is 17.0.